The van der Waals surface area contributed by atoms with Gasteiger partial charge in [-0.3, -0.25) is 0 Å². The Hall–Kier alpha value is -2.66. The van der Waals surface area contributed by atoms with Crippen molar-refractivity contribution >= 4 is 0 Å². The summed E-state index contributed by atoms with van der Waals surface area (Å²) in [6.07, 6.45) is 0.632. The van der Waals surface area contributed by atoms with Crippen LogP contribution >= 0.6 is 0 Å². The van der Waals surface area contributed by atoms with Gasteiger partial charge in [-0.05, 0) is 25.1 Å². The number of ether oxygens (including phenoxy) is 1. The number of aromatic nitrogens is 2. The Morgan fingerprint density at radius 1 is 1.04 bits per heavy atom. The van der Waals surface area contributed by atoms with Crippen molar-refractivity contribution in [2.45, 2.75) is 20.0 Å². The molecular weight excluding hydrogens is 292 g/mol. The van der Waals surface area contributed by atoms with Crippen LogP contribution < -0.4 is 4.74 Å². The number of benzene rings is 1. The predicted octanol–water partition coefficient (Wildman–Crippen LogP) is 3.16. The maximum Gasteiger partial charge on any atom is 0.226 e. The van der Waals surface area contributed by atoms with Crippen molar-refractivity contribution in [3.8, 4) is 17.3 Å². The molecule has 0 amide bonds. The molecule has 0 fully saturated rings. The molecule has 5 heteroatoms. The van der Waals surface area contributed by atoms with Gasteiger partial charge in [-0.25, -0.2) is 9.97 Å². The largest absolute Gasteiger partial charge is 0.477 e. The molecule has 0 aliphatic rings. The van der Waals surface area contributed by atoms with E-state index in [0.29, 0.717) is 30.5 Å². The van der Waals surface area contributed by atoms with Crippen LogP contribution in [0.1, 0.15) is 17.1 Å². The van der Waals surface area contributed by atoms with E-state index < -0.39 is 0 Å². The summed E-state index contributed by atoms with van der Waals surface area (Å²) in [5.74, 6) is 1.92. The number of pyridine rings is 1. The van der Waals surface area contributed by atoms with Crippen molar-refractivity contribution in [3.63, 3.8) is 0 Å². The van der Waals surface area contributed by atoms with Crippen molar-refractivity contribution in [1.82, 2.24) is 9.97 Å². The lowest BCUT2D eigenvalue weighted by molar-refractivity contribution is 0.269. The number of hydrogen-bond acceptors (Lipinski definition) is 5. The third-order valence-corrected chi connectivity index (χ3v) is 3.45. The molecule has 3 aromatic rings. The molecule has 0 bridgehead atoms. The average Bonchev–Trinajstić information content (AvgIpc) is 2.97. The number of aliphatic hydroxyl groups is 1. The molecule has 0 aliphatic carbocycles. The highest BCUT2D eigenvalue weighted by molar-refractivity contribution is 5.53. The lowest BCUT2D eigenvalue weighted by Crippen LogP contribution is -2.04. The van der Waals surface area contributed by atoms with E-state index in [2.05, 4.69) is 9.97 Å². The molecule has 0 atom stereocenters. The number of oxazole rings is 1. The fraction of sp³-hybridized carbons (Fsp3) is 0.222. The van der Waals surface area contributed by atoms with E-state index in [1.54, 1.807) is 12.1 Å². The second-order valence-electron chi connectivity index (χ2n) is 5.11. The molecule has 1 aromatic carbocycles. The third-order valence-electron chi connectivity index (χ3n) is 3.45. The second kappa shape index (κ2) is 7.07. The summed E-state index contributed by atoms with van der Waals surface area (Å²) in [6.45, 7) is 2.25. The van der Waals surface area contributed by atoms with Gasteiger partial charge in [0.2, 0.25) is 11.8 Å². The highest BCUT2D eigenvalue weighted by Crippen LogP contribution is 2.21. The van der Waals surface area contributed by atoms with Crippen LogP contribution in [0.15, 0.2) is 52.9 Å². The Balaban J connectivity index is 1.63. The molecule has 5 nitrogen and oxygen atoms in total. The van der Waals surface area contributed by atoms with Crippen LogP contribution in [0.4, 0.5) is 0 Å². The first-order valence-corrected chi connectivity index (χ1v) is 7.47. The standard InChI is InChI=1S/C18H18N2O3/c1-13-16(20-18(23-13)14-6-3-2-4-7-14)10-11-22-17-9-5-8-15(12-21)19-17/h2-9,21H,10-12H2,1H3. The summed E-state index contributed by atoms with van der Waals surface area (Å²) in [5.41, 5.74) is 2.42. The highest BCUT2D eigenvalue weighted by atomic mass is 16.5. The van der Waals surface area contributed by atoms with Gasteiger partial charge in [0.1, 0.15) is 5.76 Å². The zero-order chi connectivity index (χ0) is 16.1. The maximum atomic E-state index is 9.07. The first-order chi connectivity index (χ1) is 11.3. The minimum absolute atomic E-state index is 0.0972. The maximum absolute atomic E-state index is 9.07. The monoisotopic (exact) mass is 310 g/mol. The summed E-state index contributed by atoms with van der Waals surface area (Å²) in [4.78, 5) is 8.72. The smallest absolute Gasteiger partial charge is 0.226 e. The number of hydrogen-bond donors (Lipinski definition) is 1. The molecule has 118 valence electrons. The number of aryl methyl sites for hydroxylation is 1. The van der Waals surface area contributed by atoms with E-state index in [-0.39, 0.29) is 6.61 Å². The quantitative estimate of drug-likeness (QED) is 0.757. The van der Waals surface area contributed by atoms with Gasteiger partial charge in [-0.15, -0.1) is 0 Å². The fourth-order valence-electron chi connectivity index (χ4n) is 2.24. The molecule has 0 saturated heterocycles. The van der Waals surface area contributed by atoms with Gasteiger partial charge in [0.05, 0.1) is 24.6 Å². The van der Waals surface area contributed by atoms with Crippen molar-refractivity contribution in [2.75, 3.05) is 6.61 Å². The van der Waals surface area contributed by atoms with Gasteiger partial charge in [0.15, 0.2) is 0 Å². The van der Waals surface area contributed by atoms with Crippen molar-refractivity contribution in [3.05, 3.63) is 65.7 Å². The molecular formula is C18H18N2O3. The molecule has 0 unspecified atom stereocenters. The summed E-state index contributed by atoms with van der Waals surface area (Å²) in [7, 11) is 0. The van der Waals surface area contributed by atoms with Gasteiger partial charge in [-0.2, -0.15) is 0 Å². The van der Waals surface area contributed by atoms with Crippen LogP contribution in [0.5, 0.6) is 5.88 Å². The minimum Gasteiger partial charge on any atom is -0.477 e. The second-order valence-corrected chi connectivity index (χ2v) is 5.11. The summed E-state index contributed by atoms with van der Waals surface area (Å²) >= 11 is 0. The van der Waals surface area contributed by atoms with Gasteiger partial charge >= 0.3 is 0 Å². The molecule has 0 aliphatic heterocycles. The topological polar surface area (TPSA) is 68.4 Å². The Bertz CT molecular complexity index is 769. The van der Waals surface area contributed by atoms with E-state index >= 15 is 0 Å². The first-order valence-electron chi connectivity index (χ1n) is 7.47. The van der Waals surface area contributed by atoms with Gasteiger partial charge in [0, 0.05) is 18.1 Å². The molecule has 1 N–H and O–H groups in total. The van der Waals surface area contributed by atoms with E-state index in [1.165, 1.54) is 0 Å². The lowest BCUT2D eigenvalue weighted by Gasteiger charge is -2.05. The molecule has 0 spiro atoms. The number of nitrogens with zero attached hydrogens (tertiary/aromatic N) is 2. The molecule has 2 aromatic heterocycles. The Morgan fingerprint density at radius 2 is 1.87 bits per heavy atom. The Labute approximate surface area is 134 Å². The zero-order valence-electron chi connectivity index (χ0n) is 12.9. The van der Waals surface area contributed by atoms with Crippen molar-refractivity contribution in [1.29, 1.82) is 0 Å². The van der Waals surface area contributed by atoms with Crippen LogP contribution in [0, 0.1) is 6.92 Å². The SMILES string of the molecule is Cc1oc(-c2ccccc2)nc1CCOc1cccc(CO)n1. The number of rotatable bonds is 6. The van der Waals surface area contributed by atoms with Crippen LogP contribution in [-0.4, -0.2) is 21.7 Å². The fourth-order valence-corrected chi connectivity index (χ4v) is 2.24. The summed E-state index contributed by atoms with van der Waals surface area (Å²) in [5, 5.41) is 9.07. The van der Waals surface area contributed by atoms with Gasteiger partial charge < -0.3 is 14.3 Å². The van der Waals surface area contributed by atoms with E-state index in [0.717, 1.165) is 17.0 Å². The molecule has 0 saturated carbocycles. The van der Waals surface area contributed by atoms with E-state index in [9.17, 15) is 0 Å². The van der Waals surface area contributed by atoms with Crippen molar-refractivity contribution < 1.29 is 14.3 Å². The van der Waals surface area contributed by atoms with Crippen LogP contribution in [0.2, 0.25) is 0 Å². The van der Waals surface area contributed by atoms with Crippen molar-refractivity contribution in [2.24, 2.45) is 0 Å². The average molecular weight is 310 g/mol. The van der Waals surface area contributed by atoms with E-state index in [4.69, 9.17) is 14.3 Å². The van der Waals surface area contributed by atoms with Crippen LogP contribution in [-0.2, 0) is 13.0 Å². The normalized spacial score (nSPS) is 10.7. The molecule has 2 heterocycles. The summed E-state index contributed by atoms with van der Waals surface area (Å²) in [6, 6.07) is 15.1. The molecule has 0 radical (unpaired) electrons. The molecule has 3 rings (SSSR count). The highest BCUT2D eigenvalue weighted by Gasteiger charge is 2.11. The van der Waals surface area contributed by atoms with Crippen LogP contribution in [0.25, 0.3) is 11.5 Å². The Kier molecular flexibility index (Phi) is 4.68. The molecule has 23 heavy (non-hydrogen) atoms. The van der Waals surface area contributed by atoms with Crippen LogP contribution in [0.3, 0.4) is 0 Å². The minimum atomic E-state index is -0.0972. The predicted molar refractivity (Wildman–Crippen MR) is 86.0 cm³/mol. The Morgan fingerprint density at radius 3 is 2.65 bits per heavy atom. The van der Waals surface area contributed by atoms with Gasteiger partial charge in [-0.1, -0.05) is 24.3 Å². The van der Waals surface area contributed by atoms with Gasteiger partial charge in [0.25, 0.3) is 0 Å². The zero-order valence-corrected chi connectivity index (χ0v) is 12.9. The number of aliphatic hydroxyl groups excluding tert-OH is 1. The first kappa shape index (κ1) is 15.2. The lowest BCUT2D eigenvalue weighted by atomic mass is 10.2. The third kappa shape index (κ3) is 3.76. The van der Waals surface area contributed by atoms with E-state index in [1.807, 2.05) is 43.3 Å². The summed E-state index contributed by atoms with van der Waals surface area (Å²) < 4.78 is 11.3.